The molecule has 18 heavy (non-hydrogen) atoms. The molecule has 1 rings (SSSR count). The first-order chi connectivity index (χ1) is 8.60. The van der Waals surface area contributed by atoms with Gasteiger partial charge in [-0.05, 0) is 12.1 Å². The zero-order valence-electron chi connectivity index (χ0n) is 10.2. The summed E-state index contributed by atoms with van der Waals surface area (Å²) in [5, 5.41) is 11.3. The maximum absolute atomic E-state index is 11.9. The second-order valence-corrected chi connectivity index (χ2v) is 3.52. The second kappa shape index (κ2) is 6.61. The minimum atomic E-state index is -1.15. The van der Waals surface area contributed by atoms with Crippen molar-refractivity contribution in [1.29, 1.82) is 0 Å². The summed E-state index contributed by atoms with van der Waals surface area (Å²) in [4.78, 5) is 22.8. The van der Waals surface area contributed by atoms with Gasteiger partial charge in [0.25, 0.3) is 5.91 Å². The van der Waals surface area contributed by atoms with Crippen LogP contribution in [0.3, 0.4) is 0 Å². The van der Waals surface area contributed by atoms with Crippen LogP contribution in [-0.2, 0) is 9.53 Å². The van der Waals surface area contributed by atoms with Crippen LogP contribution in [0.25, 0.3) is 0 Å². The molecule has 0 radical (unpaired) electrons. The summed E-state index contributed by atoms with van der Waals surface area (Å²) in [7, 11) is 2.81. The minimum Gasteiger partial charge on any atom is -0.496 e. The zero-order chi connectivity index (χ0) is 13.5. The molecule has 1 aromatic carbocycles. The third kappa shape index (κ3) is 3.46. The molecule has 0 saturated carbocycles. The van der Waals surface area contributed by atoms with Gasteiger partial charge in [0.2, 0.25) is 0 Å². The minimum absolute atomic E-state index is 0.101. The van der Waals surface area contributed by atoms with Crippen molar-refractivity contribution in [1.82, 2.24) is 5.32 Å². The number of hydrogen-bond donors (Lipinski definition) is 2. The Kier molecular flexibility index (Phi) is 5.13. The predicted octanol–water partition coefficient (Wildman–Crippen LogP) is 0.525. The van der Waals surface area contributed by atoms with Crippen molar-refractivity contribution in [2.75, 3.05) is 20.8 Å². The van der Waals surface area contributed by atoms with Crippen LogP contribution in [0.1, 0.15) is 10.4 Å². The molecular weight excluding hydrogens is 238 g/mol. The zero-order valence-corrected chi connectivity index (χ0v) is 10.2. The van der Waals surface area contributed by atoms with Gasteiger partial charge in [0.1, 0.15) is 5.75 Å². The highest BCUT2D eigenvalue weighted by atomic mass is 16.5. The molecule has 0 aliphatic rings. The number of carbonyl (C=O) groups is 2. The fourth-order valence-electron chi connectivity index (χ4n) is 1.41. The molecule has 0 fully saturated rings. The molecule has 98 valence electrons. The van der Waals surface area contributed by atoms with Crippen LogP contribution in [0.2, 0.25) is 0 Å². The van der Waals surface area contributed by atoms with Gasteiger partial charge in [-0.2, -0.15) is 0 Å². The Morgan fingerprint density at radius 2 is 2.00 bits per heavy atom. The van der Waals surface area contributed by atoms with E-state index in [-0.39, 0.29) is 12.2 Å². The number of ether oxygens (including phenoxy) is 2. The van der Waals surface area contributed by atoms with Gasteiger partial charge in [-0.3, -0.25) is 4.79 Å². The number of carboxylic acid groups (broad SMARTS) is 1. The molecular formula is C12H15NO5. The summed E-state index contributed by atoms with van der Waals surface area (Å²) in [6, 6.07) is 5.48. The molecule has 0 saturated heterocycles. The molecule has 1 unspecified atom stereocenters. The van der Waals surface area contributed by atoms with E-state index in [4.69, 9.17) is 14.6 Å². The van der Waals surface area contributed by atoms with Crippen LogP contribution >= 0.6 is 0 Å². The van der Waals surface area contributed by atoms with E-state index >= 15 is 0 Å². The lowest BCUT2D eigenvalue weighted by Crippen LogP contribution is -2.43. The van der Waals surface area contributed by atoms with E-state index in [0.29, 0.717) is 5.75 Å². The molecule has 0 heterocycles. The molecule has 0 aliphatic heterocycles. The van der Waals surface area contributed by atoms with E-state index in [1.54, 1.807) is 24.3 Å². The van der Waals surface area contributed by atoms with Crippen LogP contribution in [0.15, 0.2) is 24.3 Å². The summed E-state index contributed by atoms with van der Waals surface area (Å²) in [6.07, 6.45) is 0. The Balaban J connectivity index is 2.83. The van der Waals surface area contributed by atoms with Crippen molar-refractivity contribution < 1.29 is 24.2 Å². The number of hydrogen-bond acceptors (Lipinski definition) is 4. The highest BCUT2D eigenvalue weighted by molar-refractivity contribution is 5.98. The van der Waals surface area contributed by atoms with Crippen molar-refractivity contribution >= 4 is 11.9 Å². The molecule has 6 heteroatoms. The number of benzene rings is 1. The van der Waals surface area contributed by atoms with Crippen molar-refractivity contribution in [2.24, 2.45) is 0 Å². The number of amides is 1. The quantitative estimate of drug-likeness (QED) is 0.772. The maximum atomic E-state index is 11.9. The first-order valence-corrected chi connectivity index (χ1v) is 5.25. The van der Waals surface area contributed by atoms with Crippen LogP contribution in [0.4, 0.5) is 0 Å². The van der Waals surface area contributed by atoms with Crippen molar-refractivity contribution in [3.63, 3.8) is 0 Å². The number of rotatable bonds is 6. The highest BCUT2D eigenvalue weighted by Gasteiger charge is 2.21. The third-order valence-electron chi connectivity index (χ3n) is 2.29. The Labute approximate surface area is 105 Å². The van der Waals surface area contributed by atoms with Gasteiger partial charge in [-0.25, -0.2) is 4.79 Å². The second-order valence-electron chi connectivity index (χ2n) is 3.52. The predicted molar refractivity (Wildman–Crippen MR) is 63.8 cm³/mol. The van der Waals surface area contributed by atoms with Gasteiger partial charge < -0.3 is 19.9 Å². The first kappa shape index (κ1) is 14.0. The lowest BCUT2D eigenvalue weighted by Gasteiger charge is -2.14. The van der Waals surface area contributed by atoms with E-state index in [1.807, 2.05) is 0 Å². The summed E-state index contributed by atoms with van der Waals surface area (Å²) in [6.45, 7) is -0.101. The molecule has 0 bridgehead atoms. The number of nitrogens with one attached hydrogen (secondary N) is 1. The van der Waals surface area contributed by atoms with E-state index in [9.17, 15) is 9.59 Å². The van der Waals surface area contributed by atoms with Crippen LogP contribution in [-0.4, -0.2) is 43.9 Å². The summed E-state index contributed by atoms with van der Waals surface area (Å²) < 4.78 is 9.76. The molecule has 0 aromatic heterocycles. The van der Waals surface area contributed by atoms with Gasteiger partial charge >= 0.3 is 5.97 Å². The van der Waals surface area contributed by atoms with Gasteiger partial charge in [0.05, 0.1) is 19.3 Å². The largest absolute Gasteiger partial charge is 0.496 e. The van der Waals surface area contributed by atoms with Gasteiger partial charge in [0, 0.05) is 7.11 Å². The number of carboxylic acids is 1. The lowest BCUT2D eigenvalue weighted by atomic mass is 10.1. The van der Waals surface area contributed by atoms with Crippen molar-refractivity contribution in [3.05, 3.63) is 29.8 Å². The fourth-order valence-corrected chi connectivity index (χ4v) is 1.41. The van der Waals surface area contributed by atoms with Gasteiger partial charge in [-0.15, -0.1) is 0 Å². The molecule has 1 amide bonds. The Hall–Kier alpha value is -2.08. The van der Waals surface area contributed by atoms with Crippen LogP contribution in [0.5, 0.6) is 5.75 Å². The molecule has 1 aromatic rings. The monoisotopic (exact) mass is 253 g/mol. The fraction of sp³-hybridized carbons (Fsp3) is 0.333. The number of aliphatic carboxylic acids is 1. The average molecular weight is 253 g/mol. The highest BCUT2D eigenvalue weighted by Crippen LogP contribution is 2.16. The average Bonchev–Trinajstić information content (AvgIpc) is 2.37. The SMILES string of the molecule is COCC(NC(=O)c1ccccc1OC)C(=O)O. The number of carbonyl (C=O) groups excluding carboxylic acids is 1. The molecule has 0 spiro atoms. The van der Waals surface area contributed by atoms with E-state index in [2.05, 4.69) is 5.32 Å². The molecule has 1 atom stereocenters. The molecule has 6 nitrogen and oxygen atoms in total. The van der Waals surface area contributed by atoms with Gasteiger partial charge in [-0.1, -0.05) is 12.1 Å². The third-order valence-corrected chi connectivity index (χ3v) is 2.29. The summed E-state index contributed by atoms with van der Waals surface area (Å²) in [5.74, 6) is -1.28. The number of methoxy groups -OCH3 is 2. The van der Waals surface area contributed by atoms with E-state index in [0.717, 1.165) is 0 Å². The van der Waals surface area contributed by atoms with E-state index in [1.165, 1.54) is 14.2 Å². The molecule has 2 N–H and O–H groups in total. The standard InChI is InChI=1S/C12H15NO5/c1-17-7-9(12(15)16)13-11(14)8-5-3-4-6-10(8)18-2/h3-6,9H,7H2,1-2H3,(H,13,14)(H,15,16). The Bertz CT molecular complexity index is 432. The lowest BCUT2D eigenvalue weighted by molar-refractivity contribution is -0.140. The first-order valence-electron chi connectivity index (χ1n) is 5.25. The van der Waals surface area contributed by atoms with Gasteiger partial charge in [0.15, 0.2) is 6.04 Å². The number of para-hydroxylation sites is 1. The maximum Gasteiger partial charge on any atom is 0.328 e. The van der Waals surface area contributed by atoms with E-state index < -0.39 is 17.9 Å². The Morgan fingerprint density at radius 1 is 1.33 bits per heavy atom. The van der Waals surface area contributed by atoms with Crippen LogP contribution in [0, 0.1) is 0 Å². The Morgan fingerprint density at radius 3 is 2.56 bits per heavy atom. The van der Waals surface area contributed by atoms with Crippen molar-refractivity contribution in [2.45, 2.75) is 6.04 Å². The molecule has 0 aliphatic carbocycles. The van der Waals surface area contributed by atoms with Crippen molar-refractivity contribution in [3.8, 4) is 5.75 Å². The van der Waals surface area contributed by atoms with Crippen LogP contribution < -0.4 is 10.1 Å². The topological polar surface area (TPSA) is 84.9 Å². The summed E-state index contributed by atoms with van der Waals surface area (Å²) >= 11 is 0. The smallest absolute Gasteiger partial charge is 0.328 e. The summed E-state index contributed by atoms with van der Waals surface area (Å²) in [5.41, 5.74) is 0.280. The normalized spacial score (nSPS) is 11.7.